The number of benzene rings is 2. The maximum absolute atomic E-state index is 13.1. The number of carboxylic acid groups (broad SMARTS) is 1. The van der Waals surface area contributed by atoms with Crippen LogP contribution in [0.3, 0.4) is 0 Å². The quantitative estimate of drug-likeness (QED) is 0.199. The first-order valence-electron chi connectivity index (χ1n) is 13.6. The van der Waals surface area contributed by atoms with Crippen LogP contribution < -0.4 is 10.2 Å². The molecule has 42 heavy (non-hydrogen) atoms. The van der Waals surface area contributed by atoms with Gasteiger partial charge in [0.15, 0.2) is 10.9 Å². The number of aliphatic carboxylic acids is 1. The number of ketones is 1. The highest BCUT2D eigenvalue weighted by atomic mass is 35.5. The number of rotatable bonds is 11. The van der Waals surface area contributed by atoms with Crippen LogP contribution >= 0.6 is 34.5 Å². The number of nitrogens with one attached hydrogen (secondary N) is 1. The van der Waals surface area contributed by atoms with E-state index in [1.165, 1.54) is 11.3 Å². The Morgan fingerprint density at radius 3 is 2.79 bits per heavy atom. The topological polar surface area (TPSA) is 114 Å². The van der Waals surface area contributed by atoms with Crippen molar-refractivity contribution in [1.29, 1.82) is 0 Å². The lowest BCUT2D eigenvalue weighted by Gasteiger charge is -2.26. The third-order valence-electron chi connectivity index (χ3n) is 7.28. The zero-order valence-corrected chi connectivity index (χ0v) is 25.4. The van der Waals surface area contributed by atoms with E-state index in [1.54, 1.807) is 31.5 Å². The molecule has 220 valence electrons. The molecule has 1 aliphatic heterocycles. The van der Waals surface area contributed by atoms with Crippen molar-refractivity contribution >= 4 is 73.9 Å². The Hall–Kier alpha value is -3.44. The fraction of sp³-hybridized carbons (Fsp3) is 0.333. The fourth-order valence-corrected chi connectivity index (χ4v) is 6.49. The van der Waals surface area contributed by atoms with Crippen LogP contribution in [0.2, 0.25) is 10.0 Å². The average molecular weight is 630 g/mol. The first-order chi connectivity index (χ1) is 20.1. The molecule has 2 N–H and O–H groups in total. The second-order valence-electron chi connectivity index (χ2n) is 10.3. The predicted octanol–water partition coefficient (Wildman–Crippen LogP) is 6.35. The summed E-state index contributed by atoms with van der Waals surface area (Å²) in [6.07, 6.45) is 4.58. The summed E-state index contributed by atoms with van der Waals surface area (Å²) in [5, 5.41) is 13.9. The van der Waals surface area contributed by atoms with Crippen LogP contribution in [0.1, 0.15) is 47.0 Å². The zero-order valence-electron chi connectivity index (χ0n) is 23.1. The number of para-hydroxylation sites is 1. The largest absolute Gasteiger partial charge is 0.481 e. The lowest BCUT2D eigenvalue weighted by Crippen LogP contribution is -2.37. The number of Topliss-reactive ketones (excluding diaryl/α,β-unsaturated/α-hetero) is 1. The Morgan fingerprint density at radius 1 is 1.21 bits per heavy atom. The number of halogens is 2. The molecule has 2 atom stereocenters. The zero-order chi connectivity index (χ0) is 30.0. The number of carbonyl (C=O) groups is 3. The monoisotopic (exact) mass is 628 g/mol. The highest BCUT2D eigenvalue weighted by Gasteiger charge is 2.31. The summed E-state index contributed by atoms with van der Waals surface area (Å²) >= 11 is 14.5. The molecular formula is C30H30Cl2N4O5S. The molecule has 1 aliphatic rings. The number of aryl methyl sites for hydroxylation is 2. The molecule has 1 fully saturated rings. The number of ether oxygens (including phenoxy) is 1. The molecule has 12 heteroatoms. The number of nitrogens with zero attached hydrogens (tertiary/aromatic N) is 3. The van der Waals surface area contributed by atoms with Crippen LogP contribution in [-0.2, 0) is 34.2 Å². The van der Waals surface area contributed by atoms with Gasteiger partial charge in [0.05, 0.1) is 22.7 Å². The van der Waals surface area contributed by atoms with Crippen molar-refractivity contribution in [2.24, 2.45) is 7.05 Å². The van der Waals surface area contributed by atoms with E-state index in [1.807, 2.05) is 40.8 Å². The van der Waals surface area contributed by atoms with E-state index in [0.717, 1.165) is 40.3 Å². The molecule has 4 aromatic rings. The van der Waals surface area contributed by atoms with Crippen LogP contribution in [0.4, 0.5) is 10.8 Å². The maximum atomic E-state index is 13.1. The number of thiazole rings is 1. The number of fused-ring (bicyclic) bond motifs is 1. The van der Waals surface area contributed by atoms with Gasteiger partial charge in [0, 0.05) is 53.2 Å². The summed E-state index contributed by atoms with van der Waals surface area (Å²) in [6.45, 7) is 2.46. The minimum absolute atomic E-state index is 0.0145. The van der Waals surface area contributed by atoms with Gasteiger partial charge >= 0.3 is 5.97 Å². The molecule has 0 aliphatic carbocycles. The first kappa shape index (κ1) is 30.0. The van der Waals surface area contributed by atoms with Gasteiger partial charge in [-0.3, -0.25) is 14.4 Å². The molecular weight excluding hydrogens is 599 g/mol. The van der Waals surface area contributed by atoms with E-state index in [4.69, 9.17) is 33.0 Å². The summed E-state index contributed by atoms with van der Waals surface area (Å²) in [5.74, 6) is -1.32. The van der Waals surface area contributed by atoms with Gasteiger partial charge in [-0.25, -0.2) is 4.98 Å². The van der Waals surface area contributed by atoms with E-state index in [2.05, 4.69) is 10.3 Å². The molecule has 3 heterocycles. The first-order valence-corrected chi connectivity index (χ1v) is 15.1. The maximum Gasteiger partial charge on any atom is 0.303 e. The lowest BCUT2D eigenvalue weighted by molar-refractivity contribution is -0.137. The van der Waals surface area contributed by atoms with Gasteiger partial charge in [0.1, 0.15) is 12.3 Å². The van der Waals surface area contributed by atoms with Gasteiger partial charge in [-0.2, -0.15) is 0 Å². The van der Waals surface area contributed by atoms with Crippen molar-refractivity contribution in [3.63, 3.8) is 0 Å². The summed E-state index contributed by atoms with van der Waals surface area (Å²) in [7, 11) is 1.88. The fourth-order valence-electron chi connectivity index (χ4n) is 5.05. The summed E-state index contributed by atoms with van der Waals surface area (Å²) in [4.78, 5) is 44.5. The number of carbonyl (C=O) groups excluding carboxylic acids is 2. The number of aromatic nitrogens is 2. The minimum Gasteiger partial charge on any atom is -0.481 e. The minimum atomic E-state index is -0.846. The van der Waals surface area contributed by atoms with Crippen molar-refractivity contribution in [1.82, 2.24) is 9.55 Å². The van der Waals surface area contributed by atoms with Crippen molar-refractivity contribution in [3.8, 4) is 0 Å². The van der Waals surface area contributed by atoms with E-state index in [-0.39, 0.29) is 35.8 Å². The van der Waals surface area contributed by atoms with Crippen LogP contribution in [-0.4, -0.2) is 51.2 Å². The highest BCUT2D eigenvalue weighted by molar-refractivity contribution is 7.15. The second-order valence-corrected chi connectivity index (χ2v) is 12.2. The summed E-state index contributed by atoms with van der Waals surface area (Å²) in [5.41, 5.74) is 2.34. The van der Waals surface area contributed by atoms with Crippen LogP contribution in [0.5, 0.6) is 0 Å². The highest BCUT2D eigenvalue weighted by Crippen LogP contribution is 2.33. The van der Waals surface area contributed by atoms with Gasteiger partial charge in [-0.15, -0.1) is 11.3 Å². The number of amides is 1. The van der Waals surface area contributed by atoms with Crippen LogP contribution in [0.25, 0.3) is 10.9 Å². The summed E-state index contributed by atoms with van der Waals surface area (Å²) in [6, 6.07) is 10.8. The molecule has 1 saturated heterocycles. The van der Waals surface area contributed by atoms with Gasteiger partial charge in [-0.1, -0.05) is 41.4 Å². The molecule has 0 spiro atoms. The molecule has 2 aromatic carbocycles. The van der Waals surface area contributed by atoms with Crippen molar-refractivity contribution in [2.45, 2.75) is 51.4 Å². The molecule has 0 saturated carbocycles. The normalized spacial score (nSPS) is 15.7. The molecule has 0 radical (unpaired) electrons. The smallest absolute Gasteiger partial charge is 0.303 e. The van der Waals surface area contributed by atoms with E-state index < -0.39 is 12.1 Å². The van der Waals surface area contributed by atoms with Crippen molar-refractivity contribution in [3.05, 3.63) is 74.8 Å². The van der Waals surface area contributed by atoms with Gasteiger partial charge in [-0.05, 0) is 49.9 Å². The van der Waals surface area contributed by atoms with Crippen LogP contribution in [0.15, 0.2) is 48.8 Å². The average Bonchev–Trinajstić information content (AvgIpc) is 3.69. The molecule has 9 nitrogen and oxygen atoms in total. The van der Waals surface area contributed by atoms with E-state index in [9.17, 15) is 14.4 Å². The predicted molar refractivity (Wildman–Crippen MR) is 165 cm³/mol. The van der Waals surface area contributed by atoms with E-state index in [0.29, 0.717) is 28.3 Å². The molecule has 1 unspecified atom stereocenters. The Balaban J connectivity index is 1.21. The Bertz CT molecular complexity index is 1650. The SMILES string of the molecule is CC(O[C@H]1CCCN1c1ncc(CCC(=O)O)s1)C(=O)Cc1cc(Cl)c(NC(=O)c2cn(C)c3ccccc23)cc1Cl. The summed E-state index contributed by atoms with van der Waals surface area (Å²) < 4.78 is 8.05. The Kier molecular flexibility index (Phi) is 9.17. The van der Waals surface area contributed by atoms with Crippen molar-refractivity contribution in [2.75, 3.05) is 16.8 Å². The standard InChI is InChI=1S/C30H30Cl2N4O5S/c1-17(41-27-8-5-11-36(27)30-33-15-19(42-30)9-10-28(38)39)26(37)13-18-12-23(32)24(14-22(18)31)34-29(40)21-16-35(2)25-7-4-3-6-20(21)25/h3-4,6-7,12,14-17,27H,5,8-11,13H2,1-2H3,(H,34,40)(H,38,39)/t17?,27-/m0/s1. The van der Waals surface area contributed by atoms with Gasteiger partial charge in [0.25, 0.3) is 5.91 Å². The number of carboxylic acids is 1. The third-order valence-corrected chi connectivity index (χ3v) is 9.03. The third kappa shape index (κ3) is 6.62. The molecule has 0 bridgehead atoms. The molecule has 1 amide bonds. The van der Waals surface area contributed by atoms with E-state index >= 15 is 0 Å². The Morgan fingerprint density at radius 2 is 2.00 bits per heavy atom. The molecule has 5 rings (SSSR count). The number of anilines is 2. The number of hydrogen-bond donors (Lipinski definition) is 2. The van der Waals surface area contributed by atoms with Gasteiger partial charge in [0.2, 0.25) is 0 Å². The Labute approximate surface area is 257 Å². The van der Waals surface area contributed by atoms with Crippen molar-refractivity contribution < 1.29 is 24.2 Å². The number of hydrogen-bond acceptors (Lipinski definition) is 7. The lowest BCUT2D eigenvalue weighted by atomic mass is 10.1. The van der Waals surface area contributed by atoms with Gasteiger partial charge < -0.3 is 24.6 Å². The molecule has 2 aromatic heterocycles. The van der Waals surface area contributed by atoms with Crippen LogP contribution in [0, 0.1) is 0 Å². The second kappa shape index (κ2) is 12.8.